The topological polar surface area (TPSA) is 32.3 Å². The summed E-state index contributed by atoms with van der Waals surface area (Å²) in [5.74, 6) is 2.43. The molecule has 106 valence electrons. The molecule has 2 rings (SSSR count). The van der Waals surface area contributed by atoms with Gasteiger partial charge in [-0.15, -0.1) is 0 Å². The van der Waals surface area contributed by atoms with Gasteiger partial charge >= 0.3 is 0 Å². The number of aliphatic hydroxyl groups excluding tert-OH is 1. The van der Waals surface area contributed by atoms with Crippen LogP contribution in [0.1, 0.15) is 65.7 Å². The summed E-state index contributed by atoms with van der Waals surface area (Å²) in [5, 5.41) is 13.7. The normalized spacial score (nSPS) is 46.0. The molecular weight excluding hydrogens is 222 g/mol. The number of hydrogen-bond donors (Lipinski definition) is 2. The Hall–Kier alpha value is -0.0800. The van der Waals surface area contributed by atoms with Gasteiger partial charge in [-0.25, -0.2) is 0 Å². The van der Waals surface area contributed by atoms with Gasteiger partial charge in [0.05, 0.1) is 6.61 Å². The minimum Gasteiger partial charge on any atom is -0.394 e. The first-order chi connectivity index (χ1) is 8.53. The van der Waals surface area contributed by atoms with E-state index in [4.69, 9.17) is 0 Å². The third-order valence-corrected chi connectivity index (χ3v) is 5.08. The maximum atomic E-state index is 9.86. The minimum absolute atomic E-state index is 0.0269. The summed E-state index contributed by atoms with van der Waals surface area (Å²) < 4.78 is 0. The lowest BCUT2D eigenvalue weighted by molar-refractivity contribution is 0.0729. The lowest BCUT2D eigenvalue weighted by Gasteiger charge is -2.44. The number of rotatable bonds is 3. The van der Waals surface area contributed by atoms with Crippen molar-refractivity contribution in [2.45, 2.75) is 77.3 Å². The molecule has 2 N–H and O–H groups in total. The average molecular weight is 253 g/mol. The smallest absolute Gasteiger partial charge is 0.0613 e. The van der Waals surface area contributed by atoms with Crippen molar-refractivity contribution in [3.63, 3.8) is 0 Å². The van der Waals surface area contributed by atoms with Crippen molar-refractivity contribution in [1.29, 1.82) is 0 Å². The molecule has 4 atom stereocenters. The molecular formula is C16H31NO. The Morgan fingerprint density at radius 1 is 1.06 bits per heavy atom. The predicted octanol–water partition coefficient (Wildman–Crippen LogP) is 3.34. The van der Waals surface area contributed by atoms with Crippen molar-refractivity contribution < 1.29 is 5.11 Å². The summed E-state index contributed by atoms with van der Waals surface area (Å²) in [4.78, 5) is 0. The molecule has 2 aliphatic rings. The maximum Gasteiger partial charge on any atom is 0.0613 e. The molecule has 0 amide bonds. The molecule has 18 heavy (non-hydrogen) atoms. The van der Waals surface area contributed by atoms with Gasteiger partial charge in [0.2, 0.25) is 0 Å². The van der Waals surface area contributed by atoms with Crippen LogP contribution < -0.4 is 5.32 Å². The summed E-state index contributed by atoms with van der Waals surface area (Å²) >= 11 is 0. The van der Waals surface area contributed by atoms with Gasteiger partial charge in [-0.2, -0.15) is 0 Å². The molecule has 0 saturated heterocycles. The van der Waals surface area contributed by atoms with E-state index in [2.05, 4.69) is 26.1 Å². The molecule has 2 aliphatic carbocycles. The van der Waals surface area contributed by atoms with Crippen LogP contribution in [0.4, 0.5) is 0 Å². The number of nitrogens with one attached hydrogen (secondary N) is 1. The van der Waals surface area contributed by atoms with Crippen molar-refractivity contribution in [3.05, 3.63) is 0 Å². The fraction of sp³-hybridized carbons (Fsp3) is 1.00. The number of aliphatic hydroxyl groups is 1. The number of hydrogen-bond acceptors (Lipinski definition) is 2. The van der Waals surface area contributed by atoms with Crippen molar-refractivity contribution in [2.75, 3.05) is 6.61 Å². The second-order valence-electron chi connectivity index (χ2n) is 7.40. The molecule has 0 aromatic heterocycles. The summed E-state index contributed by atoms with van der Waals surface area (Å²) in [6.45, 7) is 7.40. The summed E-state index contributed by atoms with van der Waals surface area (Å²) in [7, 11) is 0. The van der Waals surface area contributed by atoms with Crippen LogP contribution in [-0.4, -0.2) is 23.3 Å². The monoisotopic (exact) mass is 253 g/mol. The van der Waals surface area contributed by atoms with E-state index in [-0.39, 0.29) is 5.54 Å². The summed E-state index contributed by atoms with van der Waals surface area (Å²) in [6.07, 6.45) is 8.88. The molecule has 0 radical (unpaired) electrons. The first-order valence-corrected chi connectivity index (χ1v) is 7.91. The molecule has 0 bridgehead atoms. The van der Waals surface area contributed by atoms with Gasteiger partial charge in [0.15, 0.2) is 0 Å². The largest absolute Gasteiger partial charge is 0.394 e. The second-order valence-corrected chi connectivity index (χ2v) is 7.40. The van der Waals surface area contributed by atoms with Crippen molar-refractivity contribution in [3.8, 4) is 0 Å². The standard InChI is InChI=1S/C16H31NO/c1-12-5-4-6-16(10-12,11-18)17-15-8-13(2)7-14(3)9-15/h12-15,17-18H,4-11H2,1-3H3. The third kappa shape index (κ3) is 3.48. The zero-order chi connectivity index (χ0) is 13.2. The zero-order valence-electron chi connectivity index (χ0n) is 12.4. The van der Waals surface area contributed by atoms with Crippen LogP contribution in [0, 0.1) is 17.8 Å². The molecule has 4 unspecified atom stereocenters. The summed E-state index contributed by atoms with van der Waals surface area (Å²) in [5.41, 5.74) is 0.0269. The third-order valence-electron chi connectivity index (χ3n) is 5.08. The van der Waals surface area contributed by atoms with Crippen LogP contribution in [0.25, 0.3) is 0 Å². The quantitative estimate of drug-likeness (QED) is 0.808. The molecule has 0 aliphatic heterocycles. The first-order valence-electron chi connectivity index (χ1n) is 7.91. The highest BCUT2D eigenvalue weighted by Crippen LogP contribution is 2.35. The Bertz CT molecular complexity index is 258. The van der Waals surface area contributed by atoms with Gasteiger partial charge in [-0.3, -0.25) is 0 Å². The minimum atomic E-state index is 0.0269. The van der Waals surface area contributed by atoms with Crippen LogP contribution in [0.5, 0.6) is 0 Å². The maximum absolute atomic E-state index is 9.86. The van der Waals surface area contributed by atoms with Gasteiger partial charge in [-0.1, -0.05) is 33.6 Å². The van der Waals surface area contributed by atoms with Crippen molar-refractivity contribution in [1.82, 2.24) is 5.32 Å². The van der Waals surface area contributed by atoms with Gasteiger partial charge in [-0.05, 0) is 49.9 Å². The van der Waals surface area contributed by atoms with Gasteiger partial charge in [0.1, 0.15) is 0 Å². The van der Waals surface area contributed by atoms with Crippen molar-refractivity contribution in [2.24, 2.45) is 17.8 Å². The van der Waals surface area contributed by atoms with E-state index < -0.39 is 0 Å². The van der Waals surface area contributed by atoms with Gasteiger partial charge < -0.3 is 10.4 Å². The Morgan fingerprint density at radius 2 is 1.72 bits per heavy atom. The highest BCUT2D eigenvalue weighted by molar-refractivity contribution is 4.96. The molecule has 0 aromatic carbocycles. The average Bonchev–Trinajstić information content (AvgIpc) is 2.27. The molecule has 0 spiro atoms. The Morgan fingerprint density at radius 3 is 2.28 bits per heavy atom. The van der Waals surface area contributed by atoms with Crippen LogP contribution in [0.2, 0.25) is 0 Å². The van der Waals surface area contributed by atoms with Crippen LogP contribution >= 0.6 is 0 Å². The molecule has 0 heterocycles. The second kappa shape index (κ2) is 5.92. The first kappa shape index (κ1) is 14.3. The lowest BCUT2D eigenvalue weighted by Crippen LogP contribution is -2.56. The fourth-order valence-electron chi connectivity index (χ4n) is 4.48. The van der Waals surface area contributed by atoms with Crippen LogP contribution in [0.3, 0.4) is 0 Å². The van der Waals surface area contributed by atoms with E-state index in [1.165, 1.54) is 32.1 Å². The molecule has 2 fully saturated rings. The highest BCUT2D eigenvalue weighted by Gasteiger charge is 2.37. The van der Waals surface area contributed by atoms with E-state index in [0.717, 1.165) is 30.6 Å². The van der Waals surface area contributed by atoms with E-state index in [1.54, 1.807) is 0 Å². The molecule has 2 saturated carbocycles. The predicted molar refractivity (Wildman–Crippen MR) is 76.6 cm³/mol. The van der Waals surface area contributed by atoms with E-state index >= 15 is 0 Å². The molecule has 0 aromatic rings. The highest BCUT2D eigenvalue weighted by atomic mass is 16.3. The van der Waals surface area contributed by atoms with E-state index in [0.29, 0.717) is 12.6 Å². The Labute approximate surface area is 113 Å². The molecule has 2 heteroatoms. The summed E-state index contributed by atoms with van der Waals surface area (Å²) in [6, 6.07) is 0.626. The van der Waals surface area contributed by atoms with Gasteiger partial charge in [0.25, 0.3) is 0 Å². The zero-order valence-corrected chi connectivity index (χ0v) is 12.4. The van der Waals surface area contributed by atoms with Crippen LogP contribution in [0.15, 0.2) is 0 Å². The van der Waals surface area contributed by atoms with E-state index in [9.17, 15) is 5.11 Å². The lowest BCUT2D eigenvalue weighted by atomic mass is 9.74. The Balaban J connectivity index is 1.96. The van der Waals surface area contributed by atoms with E-state index in [1.807, 2.05) is 0 Å². The van der Waals surface area contributed by atoms with Gasteiger partial charge in [0, 0.05) is 11.6 Å². The SMILES string of the molecule is CC1CC(C)CC(NC2(CO)CCCC(C)C2)C1. The fourth-order valence-corrected chi connectivity index (χ4v) is 4.48. The Kier molecular flexibility index (Phi) is 4.71. The van der Waals surface area contributed by atoms with Crippen molar-refractivity contribution >= 4 is 0 Å². The van der Waals surface area contributed by atoms with Crippen LogP contribution in [-0.2, 0) is 0 Å². The molecule has 2 nitrogen and oxygen atoms in total.